The molecule has 0 aliphatic heterocycles. The molecule has 0 bridgehead atoms. The van der Waals surface area contributed by atoms with E-state index in [1.54, 1.807) is 24.3 Å². The lowest BCUT2D eigenvalue weighted by molar-refractivity contribution is 1.07. The number of benzene rings is 4. The molecule has 0 aliphatic carbocycles. The third-order valence-corrected chi connectivity index (χ3v) is 4.53. The van der Waals surface area contributed by atoms with Gasteiger partial charge in [-0.25, -0.2) is 4.98 Å². The predicted molar refractivity (Wildman–Crippen MR) is 119 cm³/mol. The quantitative estimate of drug-likeness (QED) is 0.339. The van der Waals surface area contributed by atoms with Crippen molar-refractivity contribution < 1.29 is 9.60 Å². The molecule has 0 saturated carbocycles. The van der Waals surface area contributed by atoms with Crippen molar-refractivity contribution in [2.45, 2.75) is 0 Å². The lowest BCUT2D eigenvalue weighted by Gasteiger charge is -2.09. The minimum Gasteiger partial charge on any atom is -0.208 e. The van der Waals surface area contributed by atoms with E-state index in [1.165, 1.54) is 0 Å². The maximum Gasteiger partial charge on any atom is 0.226 e. The van der Waals surface area contributed by atoms with Crippen LogP contribution < -0.4 is 0 Å². The third kappa shape index (κ3) is 3.48. The van der Waals surface area contributed by atoms with Crippen molar-refractivity contribution in [2.24, 2.45) is 0 Å². The predicted octanol–water partition coefficient (Wildman–Crippen LogP) is 6.68. The van der Waals surface area contributed by atoms with Crippen LogP contribution in [0.3, 0.4) is 0 Å². The summed E-state index contributed by atoms with van der Waals surface area (Å²) in [7, 11) is 0. The van der Waals surface area contributed by atoms with Gasteiger partial charge in [0.05, 0.1) is 9.60 Å². The van der Waals surface area contributed by atoms with Crippen LogP contribution in [0.25, 0.3) is 44.7 Å². The smallest absolute Gasteiger partial charge is 0.208 e. The van der Waals surface area contributed by atoms with Gasteiger partial charge in [0.2, 0.25) is 5.28 Å². The number of halogens is 1. The van der Waals surface area contributed by atoms with E-state index in [2.05, 4.69) is 15.0 Å². The van der Waals surface area contributed by atoms with Gasteiger partial charge < -0.3 is 0 Å². The number of nitrogens with zero attached hydrogens (tertiary/aromatic N) is 3. The molecule has 3 nitrogen and oxygen atoms in total. The van der Waals surface area contributed by atoms with Crippen LogP contribution >= 0.6 is 11.6 Å². The Morgan fingerprint density at radius 3 is 2.21 bits per heavy atom. The van der Waals surface area contributed by atoms with Gasteiger partial charge in [-0.15, -0.1) is 0 Å². The molecule has 1 aromatic heterocycles. The van der Waals surface area contributed by atoms with Crippen molar-refractivity contribution in [3.8, 4) is 33.9 Å². The van der Waals surface area contributed by atoms with Crippen LogP contribution in [0.1, 0.15) is 9.60 Å². The normalized spacial score (nSPS) is 14.3. The summed E-state index contributed by atoms with van der Waals surface area (Å²) in [5.41, 5.74) is 1.82. The van der Waals surface area contributed by atoms with E-state index >= 15 is 0 Å². The number of rotatable bonds is 3. The van der Waals surface area contributed by atoms with Gasteiger partial charge in [-0.1, -0.05) is 90.8 Å². The van der Waals surface area contributed by atoms with E-state index in [9.17, 15) is 0 Å². The second kappa shape index (κ2) is 7.46. The highest BCUT2D eigenvalue weighted by Crippen LogP contribution is 2.31. The number of hydrogen-bond donors (Lipinski definition) is 0. The first-order chi connectivity index (χ1) is 17.2. The van der Waals surface area contributed by atoms with Crippen LogP contribution in [0.2, 0.25) is 5.28 Å². The summed E-state index contributed by atoms with van der Waals surface area (Å²) >= 11 is 6.20. The van der Waals surface area contributed by atoms with Crippen molar-refractivity contribution in [3.05, 3.63) is 102 Å². The summed E-state index contributed by atoms with van der Waals surface area (Å²) in [4.78, 5) is 13.0. The lowest BCUT2D eigenvalue weighted by Crippen LogP contribution is -1.97. The van der Waals surface area contributed by atoms with E-state index in [1.807, 2.05) is 30.3 Å². The largest absolute Gasteiger partial charge is 0.226 e. The highest BCUT2D eigenvalue weighted by Gasteiger charge is 2.11. The first-order valence-electron chi connectivity index (χ1n) is 12.3. The molecule has 0 amide bonds. The molecule has 5 aromatic rings. The zero-order valence-electron chi connectivity index (χ0n) is 21.9. The Labute approximate surface area is 183 Å². The first kappa shape index (κ1) is 11.4. The van der Waals surface area contributed by atoms with Crippen LogP contribution in [0.5, 0.6) is 0 Å². The molecule has 5 rings (SSSR count). The van der Waals surface area contributed by atoms with Crippen molar-refractivity contribution >= 4 is 22.4 Å². The fourth-order valence-electron chi connectivity index (χ4n) is 3.04. The Bertz CT molecular complexity index is 1670. The number of fused-ring (bicyclic) bond motifs is 1. The fourth-order valence-corrected chi connectivity index (χ4v) is 3.20. The maximum atomic E-state index is 8.58. The Morgan fingerprint density at radius 1 is 0.655 bits per heavy atom. The van der Waals surface area contributed by atoms with E-state index in [0.29, 0.717) is 17.0 Å². The monoisotopic (exact) mass is 400 g/mol. The molecule has 4 heteroatoms. The van der Waals surface area contributed by atoms with Crippen LogP contribution in [-0.2, 0) is 0 Å². The lowest BCUT2D eigenvalue weighted by atomic mass is 9.97. The summed E-state index contributed by atoms with van der Waals surface area (Å²) in [6, 6.07) is 13.1. The van der Waals surface area contributed by atoms with E-state index in [-0.39, 0.29) is 39.5 Å². The summed E-state index contributed by atoms with van der Waals surface area (Å²) in [5, 5.41) is -0.0863. The van der Waals surface area contributed by atoms with E-state index in [4.69, 9.17) is 21.2 Å². The minimum atomic E-state index is -0.494. The van der Waals surface area contributed by atoms with Gasteiger partial charge in [0.15, 0.2) is 11.6 Å². The van der Waals surface area contributed by atoms with Gasteiger partial charge in [0.25, 0.3) is 0 Å². The molecule has 0 N–H and O–H groups in total. The second-order valence-electron chi connectivity index (χ2n) is 6.20. The average molecular weight is 401 g/mol. The van der Waals surface area contributed by atoms with Gasteiger partial charge in [-0.2, -0.15) is 9.97 Å². The molecule has 1 heterocycles. The average Bonchev–Trinajstić information content (AvgIpc) is 2.89. The van der Waals surface area contributed by atoms with Crippen molar-refractivity contribution in [1.82, 2.24) is 15.0 Å². The first-order valence-corrected chi connectivity index (χ1v) is 9.14. The molecule has 0 fully saturated rings. The molecule has 138 valence electrons. The number of aromatic nitrogens is 3. The fraction of sp³-hybridized carbons (Fsp3) is 0. The summed E-state index contributed by atoms with van der Waals surface area (Å²) in [6.07, 6.45) is 0. The van der Waals surface area contributed by atoms with Crippen molar-refractivity contribution in [3.63, 3.8) is 0 Å². The van der Waals surface area contributed by atoms with Crippen LogP contribution in [-0.4, -0.2) is 15.0 Å². The molecule has 0 atom stereocenters. The van der Waals surface area contributed by atoms with Gasteiger partial charge in [0.1, 0.15) is 0 Å². The Hall–Kier alpha value is -3.56. The summed E-state index contributed by atoms with van der Waals surface area (Å²) in [5.74, 6) is 0.653. The van der Waals surface area contributed by atoms with Crippen LogP contribution in [0.15, 0.2) is 96.9 Å². The van der Waals surface area contributed by atoms with Crippen molar-refractivity contribution in [2.75, 3.05) is 0 Å². The zero-order chi connectivity index (χ0) is 25.7. The molecule has 0 radical (unpaired) electrons. The zero-order valence-corrected chi connectivity index (χ0v) is 15.7. The topological polar surface area (TPSA) is 38.7 Å². The Kier molecular flexibility index (Phi) is 2.94. The van der Waals surface area contributed by atoms with Crippen LogP contribution in [0.4, 0.5) is 0 Å². The summed E-state index contributed by atoms with van der Waals surface area (Å²) < 4.78 is 58.1. The highest BCUT2D eigenvalue weighted by atomic mass is 35.5. The van der Waals surface area contributed by atoms with E-state index in [0.717, 1.165) is 5.56 Å². The van der Waals surface area contributed by atoms with Gasteiger partial charge >= 0.3 is 0 Å². The molecule has 4 aromatic carbocycles. The van der Waals surface area contributed by atoms with Gasteiger partial charge in [-0.05, 0) is 39.6 Å². The minimum absolute atomic E-state index is 0.00277. The van der Waals surface area contributed by atoms with Crippen LogP contribution in [0, 0.1) is 0 Å². The second-order valence-corrected chi connectivity index (χ2v) is 6.54. The van der Waals surface area contributed by atoms with Gasteiger partial charge in [-0.3, -0.25) is 0 Å². The van der Waals surface area contributed by atoms with E-state index < -0.39 is 30.2 Å². The Morgan fingerprint density at radius 2 is 1.34 bits per heavy atom. The third-order valence-electron chi connectivity index (χ3n) is 4.36. The SMILES string of the molecule is [2H]c1c([2H])c([2H])c2c(-c3cccc(-c4nc(Cl)nc(-c5ccccc5)n4)c3)c([2H])c([2H])c([2H])c2c1[2H]. The van der Waals surface area contributed by atoms with Crippen molar-refractivity contribution in [1.29, 1.82) is 0 Å². The standard InChI is InChI=1S/C25H16ClN3/c26-25-28-23(18-9-2-1-3-10-18)27-24(29-25)20-13-6-12-19(16-20)22-15-7-11-17-8-4-5-14-21(17)22/h1-16H/i4D,5D,7D,8D,11D,14D,15D. The molecule has 0 spiro atoms. The number of hydrogen-bond acceptors (Lipinski definition) is 3. The molecular formula is C25H16ClN3. The molecule has 0 aliphatic rings. The highest BCUT2D eigenvalue weighted by molar-refractivity contribution is 6.28. The summed E-state index contributed by atoms with van der Waals surface area (Å²) in [6.45, 7) is 0. The molecular weight excluding hydrogens is 378 g/mol. The Balaban J connectivity index is 1.77. The molecule has 0 unspecified atom stereocenters. The van der Waals surface area contributed by atoms with Gasteiger partial charge in [0, 0.05) is 11.1 Å². The molecule has 0 saturated heterocycles. The maximum absolute atomic E-state index is 8.58. The molecule has 29 heavy (non-hydrogen) atoms.